The molecule has 1 aromatic carbocycles. The van der Waals surface area contributed by atoms with Gasteiger partial charge in [-0.3, -0.25) is 4.99 Å². The number of hydrogen-bond donors (Lipinski definition) is 3. The highest BCUT2D eigenvalue weighted by Crippen LogP contribution is 2.21. The monoisotopic (exact) mass is 432 g/mol. The summed E-state index contributed by atoms with van der Waals surface area (Å²) in [6.45, 7) is 8.29. The number of aryl methyl sites for hydroxylation is 1. The predicted molar refractivity (Wildman–Crippen MR) is 126 cm³/mol. The second-order valence-corrected chi connectivity index (χ2v) is 8.45. The Kier molecular flexibility index (Phi) is 11.3. The van der Waals surface area contributed by atoms with Crippen LogP contribution in [0.2, 0.25) is 0 Å². The molecule has 0 fully saturated rings. The molecule has 1 atom stereocenters. The van der Waals surface area contributed by atoms with Gasteiger partial charge in [0.25, 0.3) is 0 Å². The summed E-state index contributed by atoms with van der Waals surface area (Å²) in [4.78, 5) is 4.63. The fraction of sp³-hybridized carbons (Fsp3) is 0.560. The van der Waals surface area contributed by atoms with Crippen LogP contribution in [0.15, 0.2) is 41.2 Å². The van der Waals surface area contributed by atoms with Gasteiger partial charge in [-0.25, -0.2) is 8.78 Å². The first-order valence-corrected chi connectivity index (χ1v) is 11.5. The molecule has 172 valence electrons. The number of unbranched alkanes of at least 4 members (excludes halogenated alkanes) is 1. The first-order valence-electron chi connectivity index (χ1n) is 11.5. The Morgan fingerprint density at radius 1 is 1.19 bits per heavy atom. The molecular weight excluding hydrogens is 394 g/mol. The van der Waals surface area contributed by atoms with Crippen LogP contribution < -0.4 is 16.4 Å². The van der Waals surface area contributed by atoms with E-state index in [0.717, 1.165) is 64.7 Å². The van der Waals surface area contributed by atoms with E-state index < -0.39 is 11.6 Å². The van der Waals surface area contributed by atoms with Gasteiger partial charge in [-0.1, -0.05) is 32.8 Å². The van der Waals surface area contributed by atoms with Gasteiger partial charge >= 0.3 is 0 Å². The molecule has 6 heteroatoms. The van der Waals surface area contributed by atoms with Crippen LogP contribution in [0.5, 0.6) is 0 Å². The van der Waals surface area contributed by atoms with Gasteiger partial charge in [0.05, 0.1) is 6.67 Å². The zero-order valence-electron chi connectivity index (χ0n) is 18.9. The molecule has 0 spiro atoms. The molecule has 4 nitrogen and oxygen atoms in total. The lowest BCUT2D eigenvalue weighted by Crippen LogP contribution is -2.28. The highest BCUT2D eigenvalue weighted by molar-refractivity contribution is 5.78. The summed E-state index contributed by atoms with van der Waals surface area (Å²) < 4.78 is 28.4. The molecule has 2 rings (SSSR count). The van der Waals surface area contributed by atoms with Crippen LogP contribution in [-0.2, 0) is 12.8 Å². The molecule has 0 amide bonds. The summed E-state index contributed by atoms with van der Waals surface area (Å²) in [6.07, 6.45) is 12.2. The van der Waals surface area contributed by atoms with Gasteiger partial charge < -0.3 is 16.4 Å². The molecule has 0 aromatic heterocycles. The molecule has 0 saturated heterocycles. The minimum Gasteiger partial charge on any atom is -0.402 e. The predicted octanol–water partition coefficient (Wildman–Crippen LogP) is 4.99. The molecule has 0 aliphatic carbocycles. The van der Waals surface area contributed by atoms with Gasteiger partial charge in [0.2, 0.25) is 0 Å². The van der Waals surface area contributed by atoms with Crippen LogP contribution in [0, 0.1) is 17.6 Å². The summed E-state index contributed by atoms with van der Waals surface area (Å²) in [7, 11) is 0. The summed E-state index contributed by atoms with van der Waals surface area (Å²) in [6, 6.07) is 2.87. The van der Waals surface area contributed by atoms with E-state index >= 15 is 0 Å². The van der Waals surface area contributed by atoms with Crippen molar-refractivity contribution in [1.29, 1.82) is 0 Å². The lowest BCUT2D eigenvalue weighted by Gasteiger charge is -2.17. The second kappa shape index (κ2) is 14.0. The quantitative estimate of drug-likeness (QED) is 0.482. The van der Waals surface area contributed by atoms with Crippen molar-refractivity contribution >= 4 is 6.21 Å². The zero-order chi connectivity index (χ0) is 22.5. The number of benzene rings is 1. The average Bonchev–Trinajstić information content (AvgIpc) is 2.71. The van der Waals surface area contributed by atoms with E-state index in [1.54, 1.807) is 0 Å². The largest absolute Gasteiger partial charge is 0.402 e. The SMILES string of the molecule is C=C(N)Cc1c(F)cc(CCCCC2CC/N=C\C(CCC)=C/NCNCC2)cc1F. The van der Waals surface area contributed by atoms with Crippen molar-refractivity contribution in [3.8, 4) is 0 Å². The second-order valence-electron chi connectivity index (χ2n) is 8.45. The Morgan fingerprint density at radius 2 is 1.97 bits per heavy atom. The third-order valence-electron chi connectivity index (χ3n) is 5.64. The lowest BCUT2D eigenvalue weighted by atomic mass is 9.93. The van der Waals surface area contributed by atoms with E-state index in [1.165, 1.54) is 17.7 Å². The maximum absolute atomic E-state index is 14.2. The molecule has 1 aromatic rings. The van der Waals surface area contributed by atoms with E-state index in [2.05, 4.69) is 35.3 Å². The van der Waals surface area contributed by atoms with Crippen LogP contribution in [0.25, 0.3) is 0 Å². The third-order valence-corrected chi connectivity index (χ3v) is 5.64. The fourth-order valence-corrected chi connectivity index (χ4v) is 3.94. The highest BCUT2D eigenvalue weighted by atomic mass is 19.1. The van der Waals surface area contributed by atoms with Crippen molar-refractivity contribution in [3.05, 3.63) is 58.9 Å². The van der Waals surface area contributed by atoms with Crippen LogP contribution in [0.3, 0.4) is 0 Å². The normalized spacial score (nSPS) is 20.6. The molecule has 1 unspecified atom stereocenters. The van der Waals surface area contributed by atoms with Crippen LogP contribution in [0.1, 0.15) is 63.0 Å². The van der Waals surface area contributed by atoms with E-state index in [4.69, 9.17) is 5.73 Å². The molecule has 1 heterocycles. The molecule has 1 aliphatic heterocycles. The number of nitrogens with zero attached hydrogens (tertiary/aromatic N) is 1. The van der Waals surface area contributed by atoms with Crippen LogP contribution >= 0.6 is 0 Å². The van der Waals surface area contributed by atoms with Crippen LogP contribution in [0.4, 0.5) is 8.78 Å². The summed E-state index contributed by atoms with van der Waals surface area (Å²) >= 11 is 0. The maximum Gasteiger partial charge on any atom is 0.129 e. The van der Waals surface area contributed by atoms with Gasteiger partial charge in [-0.05, 0) is 67.8 Å². The van der Waals surface area contributed by atoms with Gasteiger partial charge in [-0.2, -0.15) is 0 Å². The summed E-state index contributed by atoms with van der Waals surface area (Å²) in [5.41, 5.74) is 7.70. The number of hydrogen-bond acceptors (Lipinski definition) is 4. The number of allylic oxidation sites excluding steroid dienone is 2. The fourth-order valence-electron chi connectivity index (χ4n) is 3.94. The highest BCUT2D eigenvalue weighted by Gasteiger charge is 2.12. The molecule has 4 N–H and O–H groups in total. The molecule has 1 aliphatic rings. The van der Waals surface area contributed by atoms with Gasteiger partial charge in [0, 0.05) is 36.6 Å². The Hall–Kier alpha value is -2.21. The number of halogens is 2. The van der Waals surface area contributed by atoms with Crippen LogP contribution in [-0.4, -0.2) is 26.0 Å². The first-order chi connectivity index (χ1) is 15.0. The Morgan fingerprint density at radius 3 is 2.68 bits per heavy atom. The molecule has 0 saturated carbocycles. The summed E-state index contributed by atoms with van der Waals surface area (Å²) in [5, 5.41) is 6.75. The first kappa shape index (κ1) is 25.1. The van der Waals surface area contributed by atoms with Crippen molar-refractivity contribution in [2.24, 2.45) is 16.6 Å². The standard InChI is InChI=1S/C25H38F2N4/c1-3-6-22-16-29-11-9-20(10-12-30-18-31-17-22)7-4-5-8-21-14-24(26)23(13-19(2)28)25(27)15-21/h14-17,20,30-31H,2-13,18,28H2,1H3/b22-17-,29-16-. The maximum atomic E-state index is 14.2. The zero-order valence-corrected chi connectivity index (χ0v) is 18.9. The Balaban J connectivity index is 1.81. The van der Waals surface area contributed by atoms with Gasteiger partial charge in [0.1, 0.15) is 11.6 Å². The molecule has 31 heavy (non-hydrogen) atoms. The number of nitrogens with two attached hydrogens (primary N) is 1. The Bertz CT molecular complexity index is 735. The van der Waals surface area contributed by atoms with E-state index in [9.17, 15) is 8.78 Å². The minimum absolute atomic E-state index is 0.00366. The lowest BCUT2D eigenvalue weighted by molar-refractivity contribution is 0.396. The number of nitrogens with one attached hydrogen (secondary N) is 2. The van der Waals surface area contributed by atoms with E-state index in [0.29, 0.717) is 17.9 Å². The molecular formula is C25H38F2N4. The summed E-state index contributed by atoms with van der Waals surface area (Å²) in [5.74, 6) is -0.459. The number of rotatable bonds is 9. The third kappa shape index (κ3) is 9.64. The Labute approximate surface area is 186 Å². The van der Waals surface area contributed by atoms with Crippen molar-refractivity contribution < 1.29 is 8.78 Å². The smallest absolute Gasteiger partial charge is 0.129 e. The number of aliphatic imine (C=N–C) groups is 1. The van der Waals surface area contributed by atoms with Crippen molar-refractivity contribution in [2.75, 3.05) is 19.8 Å². The van der Waals surface area contributed by atoms with Gasteiger partial charge in [-0.15, -0.1) is 0 Å². The topological polar surface area (TPSA) is 62.4 Å². The van der Waals surface area contributed by atoms with Crippen molar-refractivity contribution in [2.45, 2.75) is 64.7 Å². The van der Waals surface area contributed by atoms with Crippen molar-refractivity contribution in [1.82, 2.24) is 10.6 Å². The average molecular weight is 433 g/mol. The van der Waals surface area contributed by atoms with Gasteiger partial charge in [0.15, 0.2) is 0 Å². The minimum atomic E-state index is -0.532. The van der Waals surface area contributed by atoms with E-state index in [1.807, 2.05) is 6.21 Å². The molecule has 0 bridgehead atoms. The molecule has 0 radical (unpaired) electrons. The van der Waals surface area contributed by atoms with E-state index in [-0.39, 0.29) is 17.7 Å². The van der Waals surface area contributed by atoms with Crippen molar-refractivity contribution in [3.63, 3.8) is 0 Å².